The van der Waals surface area contributed by atoms with Gasteiger partial charge in [0.1, 0.15) is 21.9 Å². The van der Waals surface area contributed by atoms with Crippen LogP contribution in [0.15, 0.2) is 35.6 Å². The van der Waals surface area contributed by atoms with Gasteiger partial charge in [-0.2, -0.15) is 0 Å². The van der Waals surface area contributed by atoms with E-state index in [9.17, 15) is 4.79 Å². The van der Waals surface area contributed by atoms with Crippen LogP contribution < -0.4 is 10.1 Å². The van der Waals surface area contributed by atoms with E-state index in [0.29, 0.717) is 6.54 Å². The van der Waals surface area contributed by atoms with E-state index in [-0.39, 0.29) is 11.2 Å². The fourth-order valence-corrected chi connectivity index (χ4v) is 5.55. The number of hydrogen-bond donors (Lipinski definition) is 1. The van der Waals surface area contributed by atoms with Crippen LogP contribution in [0.1, 0.15) is 29.3 Å². The zero-order valence-corrected chi connectivity index (χ0v) is 17.0. The molecule has 1 aliphatic rings. The molecule has 7 heteroatoms. The Bertz CT molecular complexity index is 969. The maximum atomic E-state index is 12.6. The predicted octanol–water partition coefficient (Wildman–Crippen LogP) is 3.99. The molecule has 0 unspecified atom stereocenters. The summed E-state index contributed by atoms with van der Waals surface area (Å²) in [7, 11) is 1.64. The second-order valence-corrected chi connectivity index (χ2v) is 8.96. The van der Waals surface area contributed by atoms with Crippen LogP contribution in [0.2, 0.25) is 0 Å². The number of amides is 1. The van der Waals surface area contributed by atoms with Crippen LogP contribution in [0.25, 0.3) is 10.2 Å². The van der Waals surface area contributed by atoms with Crippen molar-refractivity contribution in [3.63, 3.8) is 0 Å². The van der Waals surface area contributed by atoms with E-state index in [1.807, 2.05) is 31.2 Å². The number of nitrogens with zero attached hydrogens (tertiary/aromatic N) is 2. The number of nitrogens with one attached hydrogen (secondary N) is 1. The summed E-state index contributed by atoms with van der Waals surface area (Å²) in [6, 6.07) is 7.71. The number of carbonyl (C=O) groups excluding carboxylic acids is 1. The summed E-state index contributed by atoms with van der Waals surface area (Å²) in [5.74, 6) is 0.819. The van der Waals surface area contributed by atoms with Crippen molar-refractivity contribution in [1.82, 2.24) is 15.3 Å². The summed E-state index contributed by atoms with van der Waals surface area (Å²) in [6.45, 7) is 2.43. The van der Waals surface area contributed by atoms with Gasteiger partial charge in [-0.05, 0) is 49.4 Å². The summed E-state index contributed by atoms with van der Waals surface area (Å²) in [5.41, 5.74) is 2.44. The molecule has 1 amide bonds. The average Bonchev–Trinajstić information content (AvgIpc) is 3.27. The first-order chi connectivity index (χ1) is 13.2. The molecule has 4 rings (SSSR count). The number of ether oxygens (including phenoxy) is 1. The lowest BCUT2D eigenvalue weighted by Crippen LogP contribution is -2.30. The van der Waals surface area contributed by atoms with Crippen molar-refractivity contribution in [3.05, 3.63) is 46.6 Å². The molecule has 1 N–H and O–H groups in total. The van der Waals surface area contributed by atoms with Gasteiger partial charge in [0, 0.05) is 16.8 Å². The van der Waals surface area contributed by atoms with Crippen molar-refractivity contribution in [1.29, 1.82) is 0 Å². The molecule has 3 aromatic rings. The van der Waals surface area contributed by atoms with Gasteiger partial charge >= 0.3 is 0 Å². The molecule has 0 radical (unpaired) electrons. The Hall–Kier alpha value is -2.12. The molecular formula is C20H21N3O2S2. The van der Waals surface area contributed by atoms with E-state index in [4.69, 9.17) is 4.74 Å². The number of aromatic nitrogens is 2. The second kappa shape index (κ2) is 7.86. The summed E-state index contributed by atoms with van der Waals surface area (Å²) >= 11 is 3.29. The van der Waals surface area contributed by atoms with Crippen LogP contribution in [-0.4, -0.2) is 28.2 Å². The maximum Gasteiger partial charge on any atom is 0.233 e. The van der Waals surface area contributed by atoms with Crippen LogP contribution in [0.5, 0.6) is 5.75 Å². The number of benzene rings is 1. The largest absolute Gasteiger partial charge is 0.497 e. The molecule has 0 aliphatic heterocycles. The number of carbonyl (C=O) groups is 1. The lowest BCUT2D eigenvalue weighted by Gasteiger charge is -2.12. The number of aryl methyl sites for hydroxylation is 2. The summed E-state index contributed by atoms with van der Waals surface area (Å²) in [5, 5.41) is 4.87. The summed E-state index contributed by atoms with van der Waals surface area (Å²) in [6.07, 6.45) is 5.04. The van der Waals surface area contributed by atoms with Gasteiger partial charge in [0.05, 0.1) is 12.4 Å². The van der Waals surface area contributed by atoms with Crippen molar-refractivity contribution in [2.24, 2.45) is 0 Å². The summed E-state index contributed by atoms with van der Waals surface area (Å²) < 4.78 is 5.16. The highest BCUT2D eigenvalue weighted by atomic mass is 32.2. The molecule has 0 spiro atoms. The second-order valence-electron chi connectivity index (χ2n) is 6.54. The molecule has 5 nitrogen and oxygen atoms in total. The molecule has 1 atom stereocenters. The Morgan fingerprint density at radius 2 is 2.11 bits per heavy atom. The van der Waals surface area contributed by atoms with Crippen LogP contribution in [0.3, 0.4) is 0 Å². The quantitative estimate of drug-likeness (QED) is 0.502. The van der Waals surface area contributed by atoms with Crippen LogP contribution in [0.4, 0.5) is 0 Å². The van der Waals surface area contributed by atoms with E-state index in [1.165, 1.54) is 28.6 Å². The molecule has 27 heavy (non-hydrogen) atoms. The zero-order valence-electron chi connectivity index (χ0n) is 15.3. The first-order valence-electron chi connectivity index (χ1n) is 8.98. The third kappa shape index (κ3) is 3.80. The molecule has 0 saturated carbocycles. The number of fused-ring (bicyclic) bond motifs is 3. The van der Waals surface area contributed by atoms with Gasteiger partial charge in [-0.25, -0.2) is 9.97 Å². The minimum atomic E-state index is -0.224. The lowest BCUT2D eigenvalue weighted by atomic mass is 10.2. The molecule has 2 aromatic heterocycles. The molecule has 1 aromatic carbocycles. The Labute approximate surface area is 166 Å². The van der Waals surface area contributed by atoms with Gasteiger partial charge in [-0.1, -0.05) is 23.9 Å². The smallest absolute Gasteiger partial charge is 0.233 e. The van der Waals surface area contributed by atoms with Gasteiger partial charge in [0.2, 0.25) is 5.91 Å². The van der Waals surface area contributed by atoms with Crippen molar-refractivity contribution in [2.45, 2.75) is 43.0 Å². The Balaban J connectivity index is 1.43. The Morgan fingerprint density at radius 3 is 2.89 bits per heavy atom. The molecular weight excluding hydrogens is 378 g/mol. The SMILES string of the molecule is COc1ccc(CNC(=O)[C@H](C)Sc2ncnc3sc4c(c23)CCC4)cc1. The average molecular weight is 400 g/mol. The number of methoxy groups -OCH3 is 1. The Kier molecular flexibility index (Phi) is 5.31. The highest BCUT2D eigenvalue weighted by molar-refractivity contribution is 8.00. The van der Waals surface area contributed by atoms with E-state index >= 15 is 0 Å². The van der Waals surface area contributed by atoms with Crippen LogP contribution >= 0.6 is 23.1 Å². The third-order valence-electron chi connectivity index (χ3n) is 4.75. The van der Waals surface area contributed by atoms with Crippen molar-refractivity contribution < 1.29 is 9.53 Å². The number of rotatable bonds is 6. The fraction of sp³-hybridized carbons (Fsp3) is 0.350. The van der Waals surface area contributed by atoms with Crippen molar-refractivity contribution >= 4 is 39.2 Å². The van der Waals surface area contributed by atoms with Gasteiger partial charge in [0.25, 0.3) is 0 Å². The van der Waals surface area contributed by atoms with Gasteiger partial charge in [-0.3, -0.25) is 4.79 Å². The van der Waals surface area contributed by atoms with E-state index in [0.717, 1.165) is 39.4 Å². The number of thioether (sulfide) groups is 1. The predicted molar refractivity (Wildman–Crippen MR) is 110 cm³/mol. The molecule has 0 fully saturated rings. The normalized spacial score (nSPS) is 14.1. The maximum absolute atomic E-state index is 12.6. The molecule has 140 valence electrons. The lowest BCUT2D eigenvalue weighted by molar-refractivity contribution is -0.120. The van der Waals surface area contributed by atoms with Gasteiger partial charge in [0.15, 0.2) is 0 Å². The summed E-state index contributed by atoms with van der Waals surface area (Å²) in [4.78, 5) is 23.9. The monoisotopic (exact) mass is 399 g/mol. The van der Waals surface area contributed by atoms with Crippen molar-refractivity contribution in [2.75, 3.05) is 7.11 Å². The Morgan fingerprint density at radius 1 is 1.30 bits per heavy atom. The van der Waals surface area contributed by atoms with Crippen molar-refractivity contribution in [3.8, 4) is 5.75 Å². The highest BCUT2D eigenvalue weighted by Gasteiger charge is 2.23. The first-order valence-corrected chi connectivity index (χ1v) is 10.7. The molecule has 0 saturated heterocycles. The third-order valence-corrected chi connectivity index (χ3v) is 7.05. The van der Waals surface area contributed by atoms with Gasteiger partial charge < -0.3 is 10.1 Å². The topological polar surface area (TPSA) is 64.1 Å². The van der Waals surface area contributed by atoms with Crippen LogP contribution in [-0.2, 0) is 24.2 Å². The van der Waals surface area contributed by atoms with E-state index < -0.39 is 0 Å². The van der Waals surface area contributed by atoms with Crippen LogP contribution in [0, 0.1) is 0 Å². The fourth-order valence-electron chi connectivity index (χ4n) is 3.29. The minimum Gasteiger partial charge on any atom is -0.497 e. The highest BCUT2D eigenvalue weighted by Crippen LogP contribution is 2.40. The molecule has 0 bridgehead atoms. The van der Waals surface area contributed by atoms with Gasteiger partial charge in [-0.15, -0.1) is 11.3 Å². The first kappa shape index (κ1) is 18.3. The van der Waals surface area contributed by atoms with E-state index in [1.54, 1.807) is 24.8 Å². The number of thiophene rings is 1. The molecule has 1 aliphatic carbocycles. The number of hydrogen-bond acceptors (Lipinski definition) is 6. The minimum absolute atomic E-state index is 0.00875. The van der Waals surface area contributed by atoms with E-state index in [2.05, 4.69) is 15.3 Å². The molecule has 2 heterocycles. The zero-order chi connectivity index (χ0) is 18.8. The standard InChI is InChI=1S/C20H21N3O2S2/c1-12(18(24)21-10-13-6-8-14(25-2)9-7-13)26-19-17-15-4-3-5-16(15)27-20(17)23-11-22-19/h6-9,11-12H,3-5,10H2,1-2H3,(H,21,24)/t12-/m0/s1.